The van der Waals surface area contributed by atoms with E-state index in [1.165, 1.54) is 28.8 Å². The third-order valence-electron chi connectivity index (χ3n) is 6.64. The summed E-state index contributed by atoms with van der Waals surface area (Å²) in [5.74, 6) is -2.99. The third kappa shape index (κ3) is 3.76. The van der Waals surface area contributed by atoms with E-state index >= 15 is 4.39 Å². The first-order chi connectivity index (χ1) is 16.1. The van der Waals surface area contributed by atoms with Crippen LogP contribution in [0.1, 0.15) is 28.9 Å². The van der Waals surface area contributed by atoms with E-state index in [9.17, 15) is 24.2 Å². The predicted octanol–water partition coefficient (Wildman–Crippen LogP) is 4.71. The number of likely N-dealkylation sites (tertiary alicyclic amines) is 1. The van der Waals surface area contributed by atoms with Gasteiger partial charge in [0.05, 0.1) is 29.2 Å². The number of aliphatic hydroxyl groups is 1. The minimum Gasteiger partial charge on any atom is -0.478 e. The molecule has 0 radical (unpaired) electrons. The minimum absolute atomic E-state index is 0.0703. The molecule has 2 N–H and O–H groups in total. The number of amides is 1. The highest BCUT2D eigenvalue weighted by molar-refractivity contribution is 7.99. The zero-order chi connectivity index (χ0) is 24.4. The van der Waals surface area contributed by atoms with E-state index in [2.05, 4.69) is 0 Å². The highest BCUT2D eigenvalue weighted by atomic mass is 35.5. The Labute approximate surface area is 203 Å². The molecule has 6 nitrogen and oxygen atoms in total. The number of aromatic carboxylic acids is 1. The summed E-state index contributed by atoms with van der Waals surface area (Å²) in [5, 5.41) is 20.1. The number of aromatic nitrogens is 1. The van der Waals surface area contributed by atoms with Crippen LogP contribution in [0, 0.1) is 24.5 Å². The maximum Gasteiger partial charge on any atom is 0.338 e. The van der Waals surface area contributed by atoms with E-state index in [0.717, 1.165) is 24.6 Å². The lowest BCUT2D eigenvalue weighted by atomic mass is 9.88. The van der Waals surface area contributed by atoms with Gasteiger partial charge in [-0.1, -0.05) is 29.4 Å². The second-order valence-corrected chi connectivity index (χ2v) is 10.4. The Morgan fingerprint density at radius 2 is 1.88 bits per heavy atom. The van der Waals surface area contributed by atoms with Crippen molar-refractivity contribution in [3.63, 3.8) is 0 Å². The molecule has 1 aromatic heterocycles. The van der Waals surface area contributed by atoms with E-state index in [1.54, 1.807) is 17.9 Å². The van der Waals surface area contributed by atoms with Crippen LogP contribution >= 0.6 is 23.4 Å². The van der Waals surface area contributed by atoms with Gasteiger partial charge in [-0.3, -0.25) is 4.79 Å². The van der Waals surface area contributed by atoms with Gasteiger partial charge in [0.25, 0.3) is 0 Å². The Balaban J connectivity index is 1.51. The number of halogens is 3. The average molecular weight is 507 g/mol. The van der Waals surface area contributed by atoms with Crippen molar-refractivity contribution in [3.8, 4) is 0 Å². The highest BCUT2D eigenvalue weighted by Gasteiger charge is 2.53. The molecule has 2 aliphatic rings. The van der Waals surface area contributed by atoms with Gasteiger partial charge in [0.1, 0.15) is 12.1 Å². The molecular formula is C24H21ClF2N2O4S. The van der Waals surface area contributed by atoms with E-state index in [1.807, 2.05) is 0 Å². The lowest BCUT2D eigenvalue weighted by molar-refractivity contribution is -0.159. The second kappa shape index (κ2) is 8.25. The number of carboxylic acids is 1. The van der Waals surface area contributed by atoms with Crippen LogP contribution in [0.2, 0.25) is 5.02 Å². The van der Waals surface area contributed by atoms with Gasteiger partial charge in [0.15, 0.2) is 11.6 Å². The SMILES string of the molecule is Cc1c(Sc2cccc(C(=O)O)c2F)c2ccc(Cl)c(F)c2n1CC(=O)N1CC(O)(C2CC2)C1. The van der Waals surface area contributed by atoms with Gasteiger partial charge in [0, 0.05) is 20.9 Å². The van der Waals surface area contributed by atoms with E-state index in [0.29, 0.717) is 16.0 Å². The summed E-state index contributed by atoms with van der Waals surface area (Å²) in [5.41, 5.74) is -0.649. The first-order valence-corrected chi connectivity index (χ1v) is 12.0. The van der Waals surface area contributed by atoms with Crippen molar-refractivity contribution in [3.05, 3.63) is 58.2 Å². The van der Waals surface area contributed by atoms with Crippen LogP contribution in [0.15, 0.2) is 40.1 Å². The fourth-order valence-electron chi connectivity index (χ4n) is 4.57. The van der Waals surface area contributed by atoms with E-state index in [4.69, 9.17) is 11.6 Å². The molecule has 1 amide bonds. The number of fused-ring (bicyclic) bond motifs is 1. The fourth-order valence-corrected chi connectivity index (χ4v) is 5.82. The smallest absolute Gasteiger partial charge is 0.338 e. The molecule has 1 aliphatic carbocycles. The second-order valence-electron chi connectivity index (χ2n) is 8.91. The van der Waals surface area contributed by atoms with Crippen molar-refractivity contribution >= 4 is 46.1 Å². The number of carbonyl (C=O) groups excluding carboxylic acids is 1. The number of hydrogen-bond acceptors (Lipinski definition) is 4. The molecule has 0 bridgehead atoms. The number of benzene rings is 2. The summed E-state index contributed by atoms with van der Waals surface area (Å²) in [6, 6.07) is 7.06. The average Bonchev–Trinajstić information content (AvgIpc) is 3.58. The van der Waals surface area contributed by atoms with Crippen molar-refractivity contribution in [1.29, 1.82) is 0 Å². The number of hydrogen-bond donors (Lipinski definition) is 2. The number of carbonyl (C=O) groups is 2. The van der Waals surface area contributed by atoms with Crippen LogP contribution in [0.4, 0.5) is 8.78 Å². The monoisotopic (exact) mass is 506 g/mol. The molecular weight excluding hydrogens is 486 g/mol. The molecule has 3 aromatic rings. The number of rotatable bonds is 6. The first-order valence-electron chi connectivity index (χ1n) is 10.8. The largest absolute Gasteiger partial charge is 0.478 e. The quantitative estimate of drug-likeness (QED) is 0.506. The number of nitrogens with zero attached hydrogens (tertiary/aromatic N) is 2. The van der Waals surface area contributed by atoms with Crippen LogP contribution in [0.5, 0.6) is 0 Å². The summed E-state index contributed by atoms with van der Waals surface area (Å²) < 4.78 is 31.5. The maximum absolute atomic E-state index is 15.1. The van der Waals surface area contributed by atoms with Crippen LogP contribution < -0.4 is 0 Å². The molecule has 178 valence electrons. The Morgan fingerprint density at radius 1 is 1.18 bits per heavy atom. The lowest BCUT2D eigenvalue weighted by Crippen LogP contribution is -2.65. The van der Waals surface area contributed by atoms with Crippen molar-refractivity contribution in [1.82, 2.24) is 9.47 Å². The molecule has 1 saturated carbocycles. The fraction of sp³-hybridized carbons (Fsp3) is 0.333. The third-order valence-corrected chi connectivity index (χ3v) is 8.18. The maximum atomic E-state index is 15.1. The van der Waals surface area contributed by atoms with Gasteiger partial charge < -0.3 is 19.7 Å². The molecule has 5 rings (SSSR count). The van der Waals surface area contributed by atoms with Crippen LogP contribution in [0.3, 0.4) is 0 Å². The summed E-state index contributed by atoms with van der Waals surface area (Å²) >= 11 is 7.00. The molecule has 0 spiro atoms. The van der Waals surface area contributed by atoms with E-state index in [-0.39, 0.29) is 46.9 Å². The Kier molecular flexibility index (Phi) is 5.61. The van der Waals surface area contributed by atoms with Crippen LogP contribution in [-0.2, 0) is 11.3 Å². The molecule has 1 aliphatic heterocycles. The van der Waals surface area contributed by atoms with Gasteiger partial charge >= 0.3 is 5.97 Å². The van der Waals surface area contributed by atoms with Gasteiger partial charge in [0.2, 0.25) is 5.91 Å². The van der Waals surface area contributed by atoms with Crippen molar-refractivity contribution < 1.29 is 28.6 Å². The molecule has 1 saturated heterocycles. The molecule has 2 aromatic carbocycles. The highest BCUT2D eigenvalue weighted by Crippen LogP contribution is 2.45. The summed E-state index contributed by atoms with van der Waals surface area (Å²) in [7, 11) is 0. The van der Waals surface area contributed by atoms with Gasteiger partial charge in [-0.05, 0) is 49.9 Å². The molecule has 2 heterocycles. The summed E-state index contributed by atoms with van der Waals surface area (Å²) in [4.78, 5) is 26.4. The van der Waals surface area contributed by atoms with Crippen LogP contribution in [0.25, 0.3) is 10.9 Å². The Hall–Kier alpha value is -2.62. The van der Waals surface area contributed by atoms with Crippen molar-refractivity contribution in [2.75, 3.05) is 13.1 Å². The topological polar surface area (TPSA) is 82.8 Å². The zero-order valence-electron chi connectivity index (χ0n) is 18.1. The molecule has 10 heteroatoms. The standard InChI is InChI=1S/C24H21ClF2N2O4S/c1-12-22(34-17-4-2-3-14(19(17)26)23(31)32)15-7-8-16(25)20(27)21(15)29(12)9-18(30)28-10-24(33,11-28)13-5-6-13/h2-4,7-8,13,33H,5-6,9-11H2,1H3,(H,31,32). The van der Waals surface area contributed by atoms with Gasteiger partial charge in [-0.15, -0.1) is 0 Å². The van der Waals surface area contributed by atoms with Crippen LogP contribution in [-0.4, -0.2) is 50.2 Å². The van der Waals surface area contributed by atoms with Crippen molar-refractivity contribution in [2.45, 2.75) is 41.7 Å². The number of carboxylic acid groups (broad SMARTS) is 1. The van der Waals surface area contributed by atoms with Gasteiger partial charge in [-0.2, -0.15) is 0 Å². The molecule has 0 unspecified atom stereocenters. The first kappa shape index (κ1) is 23.1. The normalized spacial score (nSPS) is 17.1. The summed E-state index contributed by atoms with van der Waals surface area (Å²) in [6.45, 7) is 2.04. The molecule has 0 atom stereocenters. The minimum atomic E-state index is -1.39. The zero-order valence-corrected chi connectivity index (χ0v) is 19.7. The summed E-state index contributed by atoms with van der Waals surface area (Å²) in [6.07, 6.45) is 1.92. The molecule has 2 fully saturated rings. The van der Waals surface area contributed by atoms with Crippen molar-refractivity contribution in [2.24, 2.45) is 5.92 Å². The molecule has 34 heavy (non-hydrogen) atoms. The van der Waals surface area contributed by atoms with Gasteiger partial charge in [-0.25, -0.2) is 13.6 Å². The number of β-amino-alcohol motifs (C(OH)–C–C–N with tert-alkyl or cyclic N) is 1. The lowest BCUT2D eigenvalue weighted by Gasteiger charge is -2.47. The Morgan fingerprint density at radius 3 is 2.53 bits per heavy atom. The Bertz CT molecular complexity index is 1350. The predicted molar refractivity (Wildman–Crippen MR) is 123 cm³/mol. The van der Waals surface area contributed by atoms with E-state index < -0.39 is 28.8 Å².